The van der Waals surface area contributed by atoms with Crippen molar-refractivity contribution in [1.29, 1.82) is 0 Å². The quantitative estimate of drug-likeness (QED) is 0.696. The average Bonchev–Trinajstić information content (AvgIpc) is 2.77. The lowest BCUT2D eigenvalue weighted by atomic mass is 9.80. The van der Waals surface area contributed by atoms with E-state index in [9.17, 15) is 0 Å². The SMILES string of the molecule is COC1CCN(Cc2ccc(B(O)O)cc2)C1. The molecule has 17 heavy (non-hydrogen) atoms. The molecule has 0 saturated carbocycles. The molecule has 2 rings (SSSR count). The molecular formula is C12H18BNO3. The van der Waals surface area contributed by atoms with Crippen LogP contribution >= 0.6 is 0 Å². The van der Waals surface area contributed by atoms with Gasteiger partial charge in [0.25, 0.3) is 0 Å². The van der Waals surface area contributed by atoms with E-state index in [1.165, 1.54) is 5.56 Å². The zero-order valence-corrected chi connectivity index (χ0v) is 10.0. The van der Waals surface area contributed by atoms with Crippen LogP contribution in [-0.4, -0.2) is 48.4 Å². The molecule has 1 aromatic rings. The van der Waals surface area contributed by atoms with Crippen molar-refractivity contribution in [3.63, 3.8) is 0 Å². The highest BCUT2D eigenvalue weighted by molar-refractivity contribution is 6.58. The van der Waals surface area contributed by atoms with Gasteiger partial charge in [-0.2, -0.15) is 0 Å². The second-order valence-corrected chi connectivity index (χ2v) is 4.50. The molecule has 1 heterocycles. The van der Waals surface area contributed by atoms with Gasteiger partial charge in [0.15, 0.2) is 0 Å². The Morgan fingerprint density at radius 2 is 2.06 bits per heavy atom. The first-order chi connectivity index (χ1) is 8.19. The summed E-state index contributed by atoms with van der Waals surface area (Å²) in [7, 11) is 0.375. The predicted molar refractivity (Wildman–Crippen MR) is 67.0 cm³/mol. The van der Waals surface area contributed by atoms with E-state index in [0.717, 1.165) is 26.1 Å². The first-order valence-electron chi connectivity index (χ1n) is 5.89. The van der Waals surface area contributed by atoms with E-state index in [-0.39, 0.29) is 0 Å². The topological polar surface area (TPSA) is 52.9 Å². The van der Waals surface area contributed by atoms with E-state index < -0.39 is 7.12 Å². The summed E-state index contributed by atoms with van der Waals surface area (Å²) in [6.07, 6.45) is 1.44. The maximum Gasteiger partial charge on any atom is 0.488 e. The summed E-state index contributed by atoms with van der Waals surface area (Å²) in [5, 5.41) is 18.0. The Morgan fingerprint density at radius 1 is 1.35 bits per heavy atom. The molecule has 1 unspecified atom stereocenters. The Hall–Kier alpha value is -0.875. The standard InChI is InChI=1S/C12H18BNO3/c1-17-12-6-7-14(9-12)8-10-2-4-11(5-3-10)13(15)16/h2-5,12,15-16H,6-9H2,1H3. The van der Waals surface area contributed by atoms with Crippen molar-refractivity contribution in [2.45, 2.75) is 19.1 Å². The van der Waals surface area contributed by atoms with Crippen LogP contribution in [-0.2, 0) is 11.3 Å². The zero-order chi connectivity index (χ0) is 12.3. The number of methoxy groups -OCH3 is 1. The van der Waals surface area contributed by atoms with Crippen LogP contribution in [0.25, 0.3) is 0 Å². The molecule has 4 nitrogen and oxygen atoms in total. The highest BCUT2D eigenvalue weighted by Gasteiger charge is 2.21. The Bertz CT molecular complexity index is 355. The van der Waals surface area contributed by atoms with Crippen LogP contribution in [0.4, 0.5) is 0 Å². The van der Waals surface area contributed by atoms with Crippen molar-refractivity contribution in [2.75, 3.05) is 20.2 Å². The summed E-state index contributed by atoms with van der Waals surface area (Å²) in [5.74, 6) is 0. The van der Waals surface area contributed by atoms with Crippen molar-refractivity contribution < 1.29 is 14.8 Å². The molecule has 1 atom stereocenters. The normalized spacial score (nSPS) is 20.8. The summed E-state index contributed by atoms with van der Waals surface area (Å²) in [6, 6.07) is 7.39. The summed E-state index contributed by atoms with van der Waals surface area (Å²) in [6.45, 7) is 2.92. The number of hydrogen-bond acceptors (Lipinski definition) is 4. The lowest BCUT2D eigenvalue weighted by molar-refractivity contribution is 0.107. The minimum Gasteiger partial charge on any atom is -0.423 e. The molecule has 0 amide bonds. The van der Waals surface area contributed by atoms with Gasteiger partial charge in [-0.3, -0.25) is 4.90 Å². The van der Waals surface area contributed by atoms with Gasteiger partial charge >= 0.3 is 7.12 Å². The van der Waals surface area contributed by atoms with Crippen LogP contribution in [0.1, 0.15) is 12.0 Å². The van der Waals surface area contributed by atoms with Gasteiger partial charge in [-0.15, -0.1) is 0 Å². The van der Waals surface area contributed by atoms with Crippen LogP contribution in [0.2, 0.25) is 0 Å². The molecule has 5 heteroatoms. The second-order valence-electron chi connectivity index (χ2n) is 4.50. The van der Waals surface area contributed by atoms with Gasteiger partial charge < -0.3 is 14.8 Å². The first-order valence-corrected chi connectivity index (χ1v) is 5.89. The highest BCUT2D eigenvalue weighted by atomic mass is 16.5. The minimum absolute atomic E-state index is 0.355. The fraction of sp³-hybridized carbons (Fsp3) is 0.500. The van der Waals surface area contributed by atoms with Crippen LogP contribution in [0, 0.1) is 0 Å². The Kier molecular flexibility index (Phi) is 4.18. The number of benzene rings is 1. The monoisotopic (exact) mass is 235 g/mol. The number of rotatable bonds is 4. The lowest BCUT2D eigenvalue weighted by Crippen LogP contribution is -2.29. The van der Waals surface area contributed by atoms with E-state index >= 15 is 0 Å². The van der Waals surface area contributed by atoms with Crippen molar-refractivity contribution in [3.05, 3.63) is 29.8 Å². The molecule has 1 aliphatic heterocycles. The molecular weight excluding hydrogens is 217 g/mol. The van der Waals surface area contributed by atoms with Gasteiger partial charge in [0, 0.05) is 26.7 Å². The van der Waals surface area contributed by atoms with Gasteiger partial charge in [-0.25, -0.2) is 0 Å². The Balaban J connectivity index is 1.91. The molecule has 1 aliphatic rings. The largest absolute Gasteiger partial charge is 0.488 e. The van der Waals surface area contributed by atoms with Gasteiger partial charge in [0.05, 0.1) is 6.10 Å². The average molecular weight is 235 g/mol. The number of ether oxygens (including phenoxy) is 1. The highest BCUT2D eigenvalue weighted by Crippen LogP contribution is 2.14. The van der Waals surface area contributed by atoms with Gasteiger partial charge in [-0.1, -0.05) is 24.3 Å². The third kappa shape index (κ3) is 3.29. The van der Waals surface area contributed by atoms with Crippen molar-refractivity contribution >= 4 is 12.6 Å². The third-order valence-electron chi connectivity index (χ3n) is 3.25. The number of likely N-dealkylation sites (tertiary alicyclic amines) is 1. The fourth-order valence-electron chi connectivity index (χ4n) is 2.19. The Labute approximate surface area is 102 Å². The van der Waals surface area contributed by atoms with Gasteiger partial charge in [0.2, 0.25) is 0 Å². The smallest absolute Gasteiger partial charge is 0.423 e. The lowest BCUT2D eigenvalue weighted by Gasteiger charge is -2.15. The number of hydrogen-bond donors (Lipinski definition) is 2. The summed E-state index contributed by atoms with van der Waals surface area (Å²) in [5.41, 5.74) is 1.72. The van der Waals surface area contributed by atoms with Crippen LogP contribution < -0.4 is 5.46 Å². The Morgan fingerprint density at radius 3 is 2.59 bits per heavy atom. The van der Waals surface area contributed by atoms with Gasteiger partial charge in [-0.05, 0) is 17.4 Å². The van der Waals surface area contributed by atoms with E-state index in [2.05, 4.69) is 4.90 Å². The van der Waals surface area contributed by atoms with Crippen LogP contribution in [0.3, 0.4) is 0 Å². The zero-order valence-electron chi connectivity index (χ0n) is 10.0. The summed E-state index contributed by atoms with van der Waals surface area (Å²) < 4.78 is 5.32. The van der Waals surface area contributed by atoms with Crippen LogP contribution in [0.15, 0.2) is 24.3 Å². The molecule has 0 radical (unpaired) electrons. The molecule has 2 N–H and O–H groups in total. The summed E-state index contributed by atoms with van der Waals surface area (Å²) in [4.78, 5) is 2.35. The molecule has 1 saturated heterocycles. The van der Waals surface area contributed by atoms with E-state index in [4.69, 9.17) is 14.8 Å². The van der Waals surface area contributed by atoms with E-state index in [0.29, 0.717) is 11.6 Å². The molecule has 1 aromatic carbocycles. The molecule has 1 fully saturated rings. The number of nitrogens with zero attached hydrogens (tertiary/aromatic N) is 1. The third-order valence-corrected chi connectivity index (χ3v) is 3.25. The van der Waals surface area contributed by atoms with Crippen LogP contribution in [0.5, 0.6) is 0 Å². The maximum atomic E-state index is 8.99. The molecule has 0 aromatic heterocycles. The van der Waals surface area contributed by atoms with Crippen molar-refractivity contribution in [1.82, 2.24) is 4.90 Å². The fourth-order valence-corrected chi connectivity index (χ4v) is 2.19. The minimum atomic E-state index is -1.38. The molecule has 0 aliphatic carbocycles. The maximum absolute atomic E-state index is 8.99. The van der Waals surface area contributed by atoms with E-state index in [1.807, 2.05) is 12.1 Å². The summed E-state index contributed by atoms with van der Waals surface area (Å²) >= 11 is 0. The van der Waals surface area contributed by atoms with E-state index in [1.54, 1.807) is 19.2 Å². The molecule has 92 valence electrons. The predicted octanol–water partition coefficient (Wildman–Crippen LogP) is -0.413. The van der Waals surface area contributed by atoms with Gasteiger partial charge in [0.1, 0.15) is 0 Å². The molecule has 0 bridgehead atoms. The second kappa shape index (κ2) is 5.64. The van der Waals surface area contributed by atoms with Crippen molar-refractivity contribution in [3.8, 4) is 0 Å². The van der Waals surface area contributed by atoms with Crippen molar-refractivity contribution in [2.24, 2.45) is 0 Å². The molecule has 0 spiro atoms. The first kappa shape index (κ1) is 12.6.